The van der Waals surface area contributed by atoms with Gasteiger partial charge in [0.2, 0.25) is 5.89 Å². The van der Waals surface area contributed by atoms with Gasteiger partial charge in [-0.3, -0.25) is 0 Å². The number of rotatable bonds is 2. The monoisotopic (exact) mass is 390 g/mol. The lowest BCUT2D eigenvalue weighted by atomic mass is 10.1. The van der Waals surface area contributed by atoms with Crippen molar-refractivity contribution in [2.24, 2.45) is 0 Å². The standard InChI is InChI=1S/C20H11BrN2O2/c21-13-10-8-12(9-11-13)19-22-23-20(25-19)16-6-3-5-15-14-4-1-2-7-17(14)24-18(15)16/h1-11H. The quantitative estimate of drug-likeness (QED) is 0.367. The maximum Gasteiger partial charge on any atom is 0.251 e. The summed E-state index contributed by atoms with van der Waals surface area (Å²) in [4.78, 5) is 0. The predicted molar refractivity (Wildman–Crippen MR) is 100 cm³/mol. The first-order chi connectivity index (χ1) is 12.3. The van der Waals surface area contributed by atoms with Gasteiger partial charge in [-0.15, -0.1) is 10.2 Å². The third kappa shape index (κ3) is 2.36. The highest BCUT2D eigenvalue weighted by Crippen LogP contribution is 2.35. The minimum absolute atomic E-state index is 0.447. The number of hydrogen-bond donors (Lipinski definition) is 0. The Kier molecular flexibility index (Phi) is 3.21. The number of halogens is 1. The minimum atomic E-state index is 0.447. The van der Waals surface area contributed by atoms with Crippen LogP contribution >= 0.6 is 15.9 Å². The zero-order valence-electron chi connectivity index (χ0n) is 12.9. The summed E-state index contributed by atoms with van der Waals surface area (Å²) >= 11 is 3.42. The Balaban J connectivity index is 1.67. The number of aromatic nitrogens is 2. The number of furan rings is 1. The minimum Gasteiger partial charge on any atom is -0.455 e. The Labute approximate surface area is 151 Å². The molecule has 0 aliphatic rings. The molecule has 2 heterocycles. The zero-order valence-corrected chi connectivity index (χ0v) is 14.5. The molecule has 0 saturated heterocycles. The SMILES string of the molecule is Brc1ccc(-c2nnc(-c3cccc4c3oc3ccccc34)o2)cc1. The van der Waals surface area contributed by atoms with Crippen molar-refractivity contribution in [2.45, 2.75) is 0 Å². The maximum absolute atomic E-state index is 6.03. The van der Waals surface area contributed by atoms with Crippen LogP contribution in [0.3, 0.4) is 0 Å². The molecular weight excluding hydrogens is 380 g/mol. The molecule has 0 bridgehead atoms. The van der Waals surface area contributed by atoms with E-state index in [0.717, 1.165) is 37.5 Å². The van der Waals surface area contributed by atoms with Crippen molar-refractivity contribution < 1.29 is 8.83 Å². The molecule has 3 aromatic carbocycles. The topological polar surface area (TPSA) is 52.1 Å². The average Bonchev–Trinajstić information content (AvgIpc) is 3.27. The summed E-state index contributed by atoms with van der Waals surface area (Å²) in [6, 6.07) is 21.7. The molecule has 0 N–H and O–H groups in total. The van der Waals surface area contributed by atoms with Gasteiger partial charge in [0, 0.05) is 20.8 Å². The Morgan fingerprint density at radius 1 is 0.680 bits per heavy atom. The molecule has 4 nitrogen and oxygen atoms in total. The molecule has 5 aromatic rings. The van der Waals surface area contributed by atoms with Crippen LogP contribution in [0.2, 0.25) is 0 Å². The highest BCUT2D eigenvalue weighted by molar-refractivity contribution is 9.10. The molecule has 0 saturated carbocycles. The Morgan fingerprint density at radius 3 is 2.32 bits per heavy atom. The molecule has 120 valence electrons. The van der Waals surface area contributed by atoms with Gasteiger partial charge in [-0.25, -0.2) is 0 Å². The smallest absolute Gasteiger partial charge is 0.251 e. The van der Waals surface area contributed by atoms with Crippen LogP contribution in [0.4, 0.5) is 0 Å². The molecule has 0 fully saturated rings. The Bertz CT molecular complexity index is 1210. The van der Waals surface area contributed by atoms with Crippen LogP contribution in [0.25, 0.3) is 44.8 Å². The lowest BCUT2D eigenvalue weighted by Gasteiger charge is -1.97. The van der Waals surface area contributed by atoms with Crippen LogP contribution in [0.1, 0.15) is 0 Å². The summed E-state index contributed by atoms with van der Waals surface area (Å²) in [7, 11) is 0. The van der Waals surface area contributed by atoms with Crippen LogP contribution in [-0.4, -0.2) is 10.2 Å². The Hall–Kier alpha value is -2.92. The summed E-state index contributed by atoms with van der Waals surface area (Å²) in [5, 5.41) is 10.5. The summed E-state index contributed by atoms with van der Waals surface area (Å²) < 4.78 is 12.9. The van der Waals surface area contributed by atoms with Crippen molar-refractivity contribution >= 4 is 37.9 Å². The number of benzene rings is 3. The van der Waals surface area contributed by atoms with Gasteiger partial charge < -0.3 is 8.83 Å². The summed E-state index contributed by atoms with van der Waals surface area (Å²) in [6.07, 6.45) is 0. The Morgan fingerprint density at radius 2 is 1.44 bits per heavy atom. The van der Waals surface area contributed by atoms with Gasteiger partial charge in [-0.1, -0.05) is 46.3 Å². The van der Waals surface area contributed by atoms with E-state index in [-0.39, 0.29) is 0 Å². The van der Waals surface area contributed by atoms with E-state index in [1.807, 2.05) is 66.7 Å². The molecule has 0 atom stereocenters. The van der Waals surface area contributed by atoms with Gasteiger partial charge in [-0.2, -0.15) is 0 Å². The van der Waals surface area contributed by atoms with Gasteiger partial charge in [-0.05, 0) is 36.4 Å². The van der Waals surface area contributed by atoms with Crippen molar-refractivity contribution in [3.63, 3.8) is 0 Å². The number of hydrogen-bond acceptors (Lipinski definition) is 4. The summed E-state index contributed by atoms with van der Waals surface area (Å²) in [5.41, 5.74) is 3.27. The fourth-order valence-electron chi connectivity index (χ4n) is 2.96. The third-order valence-corrected chi connectivity index (χ3v) is 4.68. The second-order valence-electron chi connectivity index (χ2n) is 5.70. The first-order valence-corrected chi connectivity index (χ1v) is 8.59. The molecule has 5 rings (SSSR count). The fourth-order valence-corrected chi connectivity index (χ4v) is 3.22. The average molecular weight is 391 g/mol. The van der Waals surface area contributed by atoms with E-state index < -0.39 is 0 Å². The highest BCUT2D eigenvalue weighted by Gasteiger charge is 2.17. The third-order valence-electron chi connectivity index (χ3n) is 4.15. The first kappa shape index (κ1) is 14.4. The van der Waals surface area contributed by atoms with Crippen LogP contribution in [0, 0.1) is 0 Å². The van der Waals surface area contributed by atoms with E-state index in [0.29, 0.717) is 11.8 Å². The van der Waals surface area contributed by atoms with Crippen molar-refractivity contribution in [1.29, 1.82) is 0 Å². The van der Waals surface area contributed by atoms with E-state index in [9.17, 15) is 0 Å². The highest BCUT2D eigenvalue weighted by atomic mass is 79.9. The second-order valence-corrected chi connectivity index (χ2v) is 6.62. The normalized spacial score (nSPS) is 11.4. The number of nitrogens with zero attached hydrogens (tertiary/aromatic N) is 2. The van der Waals surface area contributed by atoms with E-state index in [1.165, 1.54) is 0 Å². The zero-order chi connectivity index (χ0) is 16.8. The maximum atomic E-state index is 6.03. The molecule has 0 amide bonds. The van der Waals surface area contributed by atoms with Crippen LogP contribution in [0.5, 0.6) is 0 Å². The molecule has 0 aliphatic heterocycles. The lowest BCUT2D eigenvalue weighted by molar-refractivity contribution is 0.582. The van der Waals surface area contributed by atoms with Crippen LogP contribution in [-0.2, 0) is 0 Å². The van der Waals surface area contributed by atoms with E-state index in [2.05, 4.69) is 26.1 Å². The van der Waals surface area contributed by atoms with Crippen molar-refractivity contribution in [1.82, 2.24) is 10.2 Å². The largest absolute Gasteiger partial charge is 0.455 e. The second kappa shape index (κ2) is 5.57. The molecule has 5 heteroatoms. The summed E-state index contributed by atoms with van der Waals surface area (Å²) in [6.45, 7) is 0. The molecule has 0 aliphatic carbocycles. The number of fused-ring (bicyclic) bond motifs is 3. The van der Waals surface area contributed by atoms with E-state index >= 15 is 0 Å². The van der Waals surface area contributed by atoms with Crippen molar-refractivity contribution in [2.75, 3.05) is 0 Å². The van der Waals surface area contributed by atoms with Crippen molar-refractivity contribution in [3.05, 3.63) is 71.2 Å². The van der Waals surface area contributed by atoms with Gasteiger partial charge >= 0.3 is 0 Å². The van der Waals surface area contributed by atoms with E-state index in [1.54, 1.807) is 0 Å². The molecule has 25 heavy (non-hydrogen) atoms. The van der Waals surface area contributed by atoms with Crippen LogP contribution in [0.15, 0.2) is 80.0 Å². The lowest BCUT2D eigenvalue weighted by Crippen LogP contribution is -1.78. The first-order valence-electron chi connectivity index (χ1n) is 7.80. The van der Waals surface area contributed by atoms with Gasteiger partial charge in [0.1, 0.15) is 11.2 Å². The van der Waals surface area contributed by atoms with Crippen molar-refractivity contribution in [3.8, 4) is 22.9 Å². The predicted octanol–water partition coefficient (Wildman–Crippen LogP) is 6.07. The molecular formula is C20H11BrN2O2. The van der Waals surface area contributed by atoms with Gasteiger partial charge in [0.05, 0.1) is 5.56 Å². The summed E-state index contributed by atoms with van der Waals surface area (Å²) in [5.74, 6) is 0.929. The number of para-hydroxylation sites is 2. The van der Waals surface area contributed by atoms with Gasteiger partial charge in [0.25, 0.3) is 5.89 Å². The molecule has 0 spiro atoms. The fraction of sp³-hybridized carbons (Fsp3) is 0. The van der Waals surface area contributed by atoms with Gasteiger partial charge in [0.15, 0.2) is 0 Å². The molecule has 0 unspecified atom stereocenters. The molecule has 2 aromatic heterocycles. The van der Waals surface area contributed by atoms with Crippen LogP contribution < -0.4 is 0 Å². The van der Waals surface area contributed by atoms with E-state index in [4.69, 9.17) is 8.83 Å². The molecule has 0 radical (unpaired) electrons.